The molecule has 0 saturated heterocycles. The summed E-state index contributed by atoms with van der Waals surface area (Å²) < 4.78 is 8.60. The molecule has 2 atom stereocenters. The molecule has 98 valence electrons. The van der Waals surface area contributed by atoms with E-state index in [-0.39, 0.29) is 11.6 Å². The lowest BCUT2D eigenvalue weighted by Crippen LogP contribution is -2.47. The summed E-state index contributed by atoms with van der Waals surface area (Å²) in [4.78, 5) is 0. The van der Waals surface area contributed by atoms with E-state index in [0.29, 0.717) is 6.61 Å². The number of ether oxygens (including phenoxy) is 1. The van der Waals surface area contributed by atoms with E-state index >= 15 is 0 Å². The molecule has 0 amide bonds. The topological polar surface area (TPSA) is 65.1 Å². The van der Waals surface area contributed by atoms with E-state index in [1.54, 1.807) is 6.20 Å². The molecule has 3 N–H and O–H groups in total. The van der Waals surface area contributed by atoms with Gasteiger partial charge >= 0.3 is 0 Å². The zero-order valence-electron chi connectivity index (χ0n) is 10.8. The Morgan fingerprint density at radius 1 is 1.65 bits per heavy atom. The maximum Gasteiger partial charge on any atom is 0.0926 e. The van der Waals surface area contributed by atoms with Gasteiger partial charge in [-0.1, -0.05) is 6.92 Å². The van der Waals surface area contributed by atoms with Gasteiger partial charge in [-0.2, -0.15) is 5.10 Å². The highest BCUT2D eigenvalue weighted by Gasteiger charge is 2.36. The molecular formula is C11H21BrN4O. The molecule has 17 heavy (non-hydrogen) atoms. The average Bonchev–Trinajstić information content (AvgIpc) is 2.62. The lowest BCUT2D eigenvalue weighted by Gasteiger charge is -2.36. The van der Waals surface area contributed by atoms with Gasteiger partial charge in [0.05, 0.1) is 28.0 Å². The Labute approximate surface area is 111 Å². The van der Waals surface area contributed by atoms with Crippen LogP contribution >= 0.6 is 15.9 Å². The van der Waals surface area contributed by atoms with Gasteiger partial charge in [-0.3, -0.25) is 10.5 Å². The third-order valence-corrected chi connectivity index (χ3v) is 3.78. The number of nitrogens with zero attached hydrogens (tertiary/aromatic N) is 2. The minimum absolute atomic E-state index is 0.116. The SMILES string of the molecule is CCOC(C)(CC)C(NN)c1c(Br)cnn1C. The molecule has 0 fully saturated rings. The minimum atomic E-state index is -0.361. The number of hydrogen-bond acceptors (Lipinski definition) is 4. The van der Waals surface area contributed by atoms with Crippen molar-refractivity contribution in [2.75, 3.05) is 6.61 Å². The van der Waals surface area contributed by atoms with Crippen LogP contribution in [0.1, 0.15) is 38.9 Å². The lowest BCUT2D eigenvalue weighted by molar-refractivity contribution is -0.0583. The fourth-order valence-electron chi connectivity index (χ4n) is 2.01. The van der Waals surface area contributed by atoms with Crippen molar-refractivity contribution in [2.45, 2.75) is 38.8 Å². The van der Waals surface area contributed by atoms with E-state index in [1.807, 2.05) is 18.7 Å². The highest BCUT2D eigenvalue weighted by molar-refractivity contribution is 9.10. The maximum atomic E-state index is 5.86. The van der Waals surface area contributed by atoms with Crippen molar-refractivity contribution in [1.29, 1.82) is 0 Å². The first kappa shape index (κ1) is 14.6. The second-order valence-electron chi connectivity index (χ2n) is 4.20. The van der Waals surface area contributed by atoms with Crippen LogP contribution in [0.25, 0.3) is 0 Å². The van der Waals surface area contributed by atoms with Crippen LogP contribution in [0, 0.1) is 0 Å². The third kappa shape index (κ3) is 2.88. The summed E-state index contributed by atoms with van der Waals surface area (Å²) in [5.74, 6) is 5.70. The van der Waals surface area contributed by atoms with E-state index in [9.17, 15) is 0 Å². The Kier molecular flexibility index (Phi) is 5.12. The molecule has 0 aliphatic carbocycles. The standard InChI is InChI=1S/C11H21BrN4O/c1-5-11(3,17-6-2)10(15-13)9-8(12)7-14-16(9)4/h7,10,15H,5-6,13H2,1-4H3. The van der Waals surface area contributed by atoms with Crippen LogP contribution in [0.2, 0.25) is 0 Å². The van der Waals surface area contributed by atoms with E-state index in [2.05, 4.69) is 40.3 Å². The molecule has 5 nitrogen and oxygen atoms in total. The van der Waals surface area contributed by atoms with Gasteiger partial charge in [-0.25, -0.2) is 5.43 Å². The summed E-state index contributed by atoms with van der Waals surface area (Å²) in [5.41, 5.74) is 3.48. The predicted octanol–water partition coefficient (Wildman–Crippen LogP) is 1.89. The van der Waals surface area contributed by atoms with Crippen molar-refractivity contribution in [3.8, 4) is 0 Å². The molecule has 2 unspecified atom stereocenters. The van der Waals surface area contributed by atoms with Crippen LogP contribution in [0.5, 0.6) is 0 Å². The molecule has 0 bridgehead atoms. The molecule has 1 aromatic heterocycles. The second-order valence-corrected chi connectivity index (χ2v) is 5.05. The number of hydrogen-bond donors (Lipinski definition) is 2. The Balaban J connectivity index is 3.14. The molecule has 0 aliphatic heterocycles. The zero-order valence-corrected chi connectivity index (χ0v) is 12.4. The Hall–Kier alpha value is -0.430. The van der Waals surface area contributed by atoms with Crippen LogP contribution in [-0.4, -0.2) is 22.0 Å². The first-order valence-corrected chi connectivity index (χ1v) is 6.56. The predicted molar refractivity (Wildman–Crippen MR) is 71.3 cm³/mol. The molecule has 0 aliphatic rings. The zero-order chi connectivity index (χ0) is 13.1. The number of aromatic nitrogens is 2. The number of nitrogens with two attached hydrogens (primary N) is 1. The summed E-state index contributed by atoms with van der Waals surface area (Å²) >= 11 is 3.50. The van der Waals surface area contributed by atoms with E-state index in [4.69, 9.17) is 10.6 Å². The largest absolute Gasteiger partial charge is 0.373 e. The van der Waals surface area contributed by atoms with Gasteiger partial charge in [0.2, 0.25) is 0 Å². The fourth-order valence-corrected chi connectivity index (χ4v) is 2.59. The van der Waals surface area contributed by atoms with Crippen LogP contribution in [0.4, 0.5) is 0 Å². The summed E-state index contributed by atoms with van der Waals surface area (Å²) in [5, 5.41) is 4.21. The normalized spacial score (nSPS) is 16.8. The number of rotatable bonds is 6. The van der Waals surface area contributed by atoms with Gasteiger partial charge in [0, 0.05) is 13.7 Å². The van der Waals surface area contributed by atoms with E-state index in [0.717, 1.165) is 16.6 Å². The van der Waals surface area contributed by atoms with Gasteiger partial charge in [-0.05, 0) is 36.2 Å². The molecule has 0 aromatic carbocycles. The quantitative estimate of drug-likeness (QED) is 0.622. The van der Waals surface area contributed by atoms with Gasteiger partial charge in [0.1, 0.15) is 0 Å². The van der Waals surface area contributed by atoms with Crippen molar-refractivity contribution in [2.24, 2.45) is 12.9 Å². The number of aryl methyl sites for hydroxylation is 1. The number of halogens is 1. The van der Waals surface area contributed by atoms with Crippen LogP contribution < -0.4 is 11.3 Å². The molecular weight excluding hydrogens is 284 g/mol. The fraction of sp³-hybridized carbons (Fsp3) is 0.727. The number of hydrazine groups is 1. The third-order valence-electron chi connectivity index (χ3n) is 3.16. The monoisotopic (exact) mass is 304 g/mol. The van der Waals surface area contributed by atoms with Crippen LogP contribution in [0.3, 0.4) is 0 Å². The van der Waals surface area contributed by atoms with Crippen molar-refractivity contribution in [3.63, 3.8) is 0 Å². The van der Waals surface area contributed by atoms with Gasteiger partial charge < -0.3 is 4.74 Å². The molecule has 1 heterocycles. The molecule has 0 spiro atoms. The molecule has 6 heteroatoms. The van der Waals surface area contributed by atoms with Crippen LogP contribution in [-0.2, 0) is 11.8 Å². The van der Waals surface area contributed by atoms with Crippen molar-refractivity contribution in [3.05, 3.63) is 16.4 Å². The first-order chi connectivity index (χ1) is 8.00. The summed E-state index contributed by atoms with van der Waals surface area (Å²) in [6, 6.07) is -0.116. The average molecular weight is 305 g/mol. The van der Waals surface area contributed by atoms with Crippen LogP contribution in [0.15, 0.2) is 10.7 Å². The van der Waals surface area contributed by atoms with Gasteiger partial charge in [0.15, 0.2) is 0 Å². The smallest absolute Gasteiger partial charge is 0.0926 e. The highest BCUT2D eigenvalue weighted by Crippen LogP contribution is 2.34. The highest BCUT2D eigenvalue weighted by atomic mass is 79.9. The summed E-state index contributed by atoms with van der Waals surface area (Å²) in [7, 11) is 1.90. The maximum absolute atomic E-state index is 5.86. The van der Waals surface area contributed by atoms with Gasteiger partial charge in [0.25, 0.3) is 0 Å². The molecule has 0 saturated carbocycles. The van der Waals surface area contributed by atoms with Crippen molar-refractivity contribution >= 4 is 15.9 Å². The number of nitrogens with one attached hydrogen (secondary N) is 1. The Morgan fingerprint density at radius 3 is 2.65 bits per heavy atom. The minimum Gasteiger partial charge on any atom is -0.373 e. The summed E-state index contributed by atoms with van der Waals surface area (Å²) in [6.45, 7) is 6.78. The Morgan fingerprint density at radius 2 is 2.29 bits per heavy atom. The lowest BCUT2D eigenvalue weighted by atomic mass is 9.91. The molecule has 0 radical (unpaired) electrons. The van der Waals surface area contributed by atoms with Gasteiger partial charge in [-0.15, -0.1) is 0 Å². The first-order valence-electron chi connectivity index (χ1n) is 5.77. The molecule has 1 rings (SSSR count). The van der Waals surface area contributed by atoms with E-state index in [1.165, 1.54) is 0 Å². The summed E-state index contributed by atoms with van der Waals surface area (Å²) in [6.07, 6.45) is 2.62. The van der Waals surface area contributed by atoms with E-state index < -0.39 is 0 Å². The Bertz CT molecular complexity index is 349. The second kappa shape index (κ2) is 5.95. The molecule has 1 aromatic rings. The van der Waals surface area contributed by atoms with Crippen molar-refractivity contribution in [1.82, 2.24) is 15.2 Å². The van der Waals surface area contributed by atoms with Crippen molar-refractivity contribution < 1.29 is 4.74 Å².